The Balaban J connectivity index is 1.77. The van der Waals surface area contributed by atoms with Crippen molar-refractivity contribution in [2.75, 3.05) is 31.0 Å². The van der Waals surface area contributed by atoms with Crippen molar-refractivity contribution in [1.29, 1.82) is 0 Å². The molecule has 118 valence electrons. The van der Waals surface area contributed by atoms with Crippen LogP contribution in [-0.4, -0.2) is 36.3 Å². The number of nitrogen functional groups attached to an aromatic ring is 1. The van der Waals surface area contributed by atoms with Crippen molar-refractivity contribution in [3.63, 3.8) is 0 Å². The number of hydrazine groups is 1. The highest BCUT2D eigenvalue weighted by atomic mass is 16.5. The summed E-state index contributed by atoms with van der Waals surface area (Å²) in [6, 6.07) is 1.76. The van der Waals surface area contributed by atoms with Gasteiger partial charge in [0.25, 0.3) is 0 Å². The summed E-state index contributed by atoms with van der Waals surface area (Å²) in [7, 11) is 1.61. The molecule has 0 atom stereocenters. The summed E-state index contributed by atoms with van der Waals surface area (Å²) < 4.78 is 10.9. The third-order valence-electron chi connectivity index (χ3n) is 3.51. The van der Waals surface area contributed by atoms with E-state index < -0.39 is 0 Å². The van der Waals surface area contributed by atoms with Gasteiger partial charge in [-0.15, -0.1) is 0 Å². The second-order valence-corrected chi connectivity index (χ2v) is 5.19. The Morgan fingerprint density at radius 1 is 1.24 bits per heavy atom. The largest absolute Gasteiger partial charge is 0.377 e. The van der Waals surface area contributed by atoms with E-state index in [1.165, 1.54) is 32.1 Å². The molecule has 1 aliphatic rings. The van der Waals surface area contributed by atoms with Gasteiger partial charge in [0, 0.05) is 19.7 Å². The Labute approximate surface area is 125 Å². The van der Waals surface area contributed by atoms with E-state index >= 15 is 0 Å². The molecule has 0 aromatic carbocycles. The van der Waals surface area contributed by atoms with Gasteiger partial charge in [0.2, 0.25) is 0 Å². The smallest absolute Gasteiger partial charge is 0.158 e. The summed E-state index contributed by atoms with van der Waals surface area (Å²) in [6.45, 7) is 1.74. The highest BCUT2D eigenvalue weighted by molar-refractivity contribution is 5.46. The van der Waals surface area contributed by atoms with E-state index in [0.29, 0.717) is 37.5 Å². The first-order valence-electron chi connectivity index (χ1n) is 7.51. The fraction of sp³-hybridized carbons (Fsp3) is 0.714. The zero-order chi connectivity index (χ0) is 14.9. The van der Waals surface area contributed by atoms with Crippen LogP contribution in [0.4, 0.5) is 11.6 Å². The Hall–Kier alpha value is -1.44. The first-order chi connectivity index (χ1) is 10.3. The fourth-order valence-corrected chi connectivity index (χ4v) is 2.49. The Bertz CT molecular complexity index is 424. The van der Waals surface area contributed by atoms with E-state index in [1.54, 1.807) is 13.2 Å². The van der Waals surface area contributed by atoms with Gasteiger partial charge in [0.15, 0.2) is 5.82 Å². The van der Waals surface area contributed by atoms with Gasteiger partial charge in [-0.05, 0) is 12.8 Å². The maximum Gasteiger partial charge on any atom is 0.158 e. The molecule has 0 radical (unpaired) electrons. The number of nitrogens with zero attached hydrogens (tertiary/aromatic N) is 2. The maximum absolute atomic E-state index is 5.87. The Morgan fingerprint density at radius 3 is 2.71 bits per heavy atom. The molecule has 1 aliphatic carbocycles. The van der Waals surface area contributed by atoms with Crippen molar-refractivity contribution >= 4 is 11.6 Å². The minimum Gasteiger partial charge on any atom is -0.377 e. The van der Waals surface area contributed by atoms with Crippen LogP contribution in [0.5, 0.6) is 0 Å². The molecule has 7 heteroatoms. The first-order valence-corrected chi connectivity index (χ1v) is 7.51. The zero-order valence-corrected chi connectivity index (χ0v) is 12.6. The lowest BCUT2D eigenvalue weighted by atomic mass is 9.98. The van der Waals surface area contributed by atoms with Gasteiger partial charge >= 0.3 is 0 Å². The average molecular weight is 295 g/mol. The van der Waals surface area contributed by atoms with E-state index in [4.69, 9.17) is 15.3 Å². The number of nitrogens with two attached hydrogens (primary N) is 1. The van der Waals surface area contributed by atoms with Crippen LogP contribution in [0.25, 0.3) is 0 Å². The number of rotatable bonds is 8. The number of ether oxygens (including phenoxy) is 2. The molecule has 0 saturated heterocycles. The molecule has 0 amide bonds. The monoisotopic (exact) mass is 295 g/mol. The average Bonchev–Trinajstić information content (AvgIpc) is 2.53. The molecule has 0 bridgehead atoms. The molecule has 1 fully saturated rings. The summed E-state index contributed by atoms with van der Waals surface area (Å²) in [6.07, 6.45) is 6.72. The number of methoxy groups -OCH3 is 1. The standard InChI is InChI=1S/C14H25N5O2/c1-20-10-14-17-12(9-13(18-14)19-15)16-7-8-21-11-5-3-2-4-6-11/h9,11H,2-8,10,15H2,1H3,(H2,16,17,18,19). The molecule has 21 heavy (non-hydrogen) atoms. The van der Waals surface area contributed by atoms with Gasteiger partial charge in [0.05, 0.1) is 12.7 Å². The van der Waals surface area contributed by atoms with Crippen LogP contribution in [0.3, 0.4) is 0 Å². The van der Waals surface area contributed by atoms with E-state index in [2.05, 4.69) is 20.7 Å². The molecule has 0 spiro atoms. The molecule has 2 rings (SSSR count). The van der Waals surface area contributed by atoms with Crippen LogP contribution >= 0.6 is 0 Å². The lowest BCUT2D eigenvalue weighted by molar-refractivity contribution is 0.0347. The van der Waals surface area contributed by atoms with E-state index in [1.807, 2.05) is 0 Å². The minimum atomic E-state index is 0.350. The third kappa shape index (κ3) is 5.45. The van der Waals surface area contributed by atoms with Crippen LogP contribution in [0.15, 0.2) is 6.07 Å². The van der Waals surface area contributed by atoms with Gasteiger partial charge < -0.3 is 20.2 Å². The number of anilines is 2. The van der Waals surface area contributed by atoms with Crippen molar-refractivity contribution in [3.8, 4) is 0 Å². The normalized spacial score (nSPS) is 15.9. The van der Waals surface area contributed by atoms with Crippen LogP contribution in [0.1, 0.15) is 37.9 Å². The quantitative estimate of drug-likeness (QED) is 0.381. The van der Waals surface area contributed by atoms with Gasteiger partial charge in [0.1, 0.15) is 18.2 Å². The summed E-state index contributed by atoms with van der Waals surface area (Å²) >= 11 is 0. The predicted molar refractivity (Wildman–Crippen MR) is 81.9 cm³/mol. The molecule has 1 aromatic heterocycles. The van der Waals surface area contributed by atoms with Gasteiger partial charge in [-0.25, -0.2) is 15.8 Å². The summed E-state index contributed by atoms with van der Waals surface area (Å²) in [5.41, 5.74) is 2.53. The van der Waals surface area contributed by atoms with Crippen LogP contribution < -0.4 is 16.6 Å². The highest BCUT2D eigenvalue weighted by Gasteiger charge is 2.13. The second-order valence-electron chi connectivity index (χ2n) is 5.19. The molecular weight excluding hydrogens is 270 g/mol. The lowest BCUT2D eigenvalue weighted by Crippen LogP contribution is -2.21. The molecular formula is C14H25N5O2. The zero-order valence-electron chi connectivity index (χ0n) is 12.6. The van der Waals surface area contributed by atoms with Crippen molar-refractivity contribution in [2.45, 2.75) is 44.8 Å². The summed E-state index contributed by atoms with van der Waals surface area (Å²) in [5.74, 6) is 7.27. The third-order valence-corrected chi connectivity index (χ3v) is 3.51. The van der Waals surface area contributed by atoms with E-state index in [0.717, 1.165) is 5.82 Å². The Kier molecular flexibility index (Phi) is 6.65. The number of aromatic nitrogens is 2. The molecule has 0 unspecified atom stereocenters. The summed E-state index contributed by atoms with van der Waals surface area (Å²) in [4.78, 5) is 8.56. The van der Waals surface area contributed by atoms with Gasteiger partial charge in [-0.2, -0.15) is 0 Å². The highest BCUT2D eigenvalue weighted by Crippen LogP contribution is 2.20. The Morgan fingerprint density at radius 2 is 2.00 bits per heavy atom. The topological polar surface area (TPSA) is 94.3 Å². The first kappa shape index (κ1) is 15.9. The molecule has 1 aromatic rings. The minimum absolute atomic E-state index is 0.350. The maximum atomic E-state index is 5.87. The van der Waals surface area contributed by atoms with Crippen LogP contribution in [0.2, 0.25) is 0 Å². The van der Waals surface area contributed by atoms with E-state index in [-0.39, 0.29) is 0 Å². The van der Waals surface area contributed by atoms with E-state index in [9.17, 15) is 0 Å². The van der Waals surface area contributed by atoms with Crippen LogP contribution in [-0.2, 0) is 16.1 Å². The molecule has 4 N–H and O–H groups in total. The number of nitrogens with one attached hydrogen (secondary N) is 2. The van der Waals surface area contributed by atoms with Crippen molar-refractivity contribution in [1.82, 2.24) is 9.97 Å². The lowest BCUT2D eigenvalue weighted by Gasteiger charge is -2.22. The molecule has 1 saturated carbocycles. The second kappa shape index (κ2) is 8.76. The molecule has 1 heterocycles. The number of hydrogen-bond donors (Lipinski definition) is 3. The molecule has 7 nitrogen and oxygen atoms in total. The SMILES string of the molecule is COCc1nc(NN)cc(NCCOC2CCCCC2)n1. The fourth-order valence-electron chi connectivity index (χ4n) is 2.49. The molecule has 0 aliphatic heterocycles. The predicted octanol–water partition coefficient (Wildman–Crippen LogP) is 1.67. The van der Waals surface area contributed by atoms with Crippen molar-refractivity contribution < 1.29 is 9.47 Å². The van der Waals surface area contributed by atoms with Crippen LogP contribution in [0, 0.1) is 0 Å². The van der Waals surface area contributed by atoms with Gasteiger partial charge in [-0.3, -0.25) is 0 Å². The van der Waals surface area contributed by atoms with Gasteiger partial charge in [-0.1, -0.05) is 19.3 Å². The summed E-state index contributed by atoms with van der Waals surface area (Å²) in [5, 5.41) is 3.23. The number of hydrogen-bond acceptors (Lipinski definition) is 7. The van der Waals surface area contributed by atoms with Crippen molar-refractivity contribution in [2.24, 2.45) is 5.84 Å². The van der Waals surface area contributed by atoms with Crippen molar-refractivity contribution in [3.05, 3.63) is 11.9 Å².